The third-order valence-corrected chi connectivity index (χ3v) is 7.24. The second-order valence-corrected chi connectivity index (χ2v) is 9.85. The molecule has 1 saturated carbocycles. The monoisotopic (exact) mass is 465 g/mol. The van der Waals surface area contributed by atoms with Crippen molar-refractivity contribution in [3.8, 4) is 0 Å². The standard InChI is InChI=1S/C28H39N3O3/c1-23-13-14-26(34-23)21-30(18-15-24-9-3-2-4-10-24)27(32)22-31(20-19-29-16-7-8-17-29)28(33)25-11-5-6-12-25/h2-4,9-10,13-14,25H,5-8,11-12,15-22H2,1H3. The summed E-state index contributed by atoms with van der Waals surface area (Å²) in [7, 11) is 0. The van der Waals surface area contributed by atoms with Gasteiger partial charge in [0.05, 0.1) is 13.1 Å². The maximum absolute atomic E-state index is 13.6. The molecule has 0 spiro atoms. The molecule has 2 fully saturated rings. The van der Waals surface area contributed by atoms with Crippen LogP contribution >= 0.6 is 0 Å². The fourth-order valence-electron chi connectivity index (χ4n) is 5.19. The Kier molecular flexibility index (Phi) is 8.80. The molecular formula is C28H39N3O3. The van der Waals surface area contributed by atoms with Crippen molar-refractivity contribution in [3.63, 3.8) is 0 Å². The van der Waals surface area contributed by atoms with Crippen LogP contribution in [0.2, 0.25) is 0 Å². The van der Waals surface area contributed by atoms with Crippen LogP contribution in [-0.4, -0.2) is 65.8 Å². The number of hydrogen-bond acceptors (Lipinski definition) is 4. The predicted octanol–water partition coefficient (Wildman–Crippen LogP) is 4.27. The molecule has 4 rings (SSSR count). The van der Waals surface area contributed by atoms with E-state index in [9.17, 15) is 9.59 Å². The number of aryl methyl sites for hydroxylation is 1. The molecule has 1 aromatic heterocycles. The van der Waals surface area contributed by atoms with Crippen LogP contribution in [0.3, 0.4) is 0 Å². The van der Waals surface area contributed by atoms with E-state index >= 15 is 0 Å². The molecule has 2 aliphatic rings. The number of carbonyl (C=O) groups is 2. The summed E-state index contributed by atoms with van der Waals surface area (Å²) in [5.41, 5.74) is 1.20. The zero-order valence-electron chi connectivity index (χ0n) is 20.6. The van der Waals surface area contributed by atoms with Gasteiger partial charge in [0.1, 0.15) is 11.5 Å². The van der Waals surface area contributed by atoms with E-state index in [-0.39, 0.29) is 24.3 Å². The molecule has 1 aliphatic carbocycles. The first-order chi connectivity index (χ1) is 16.6. The van der Waals surface area contributed by atoms with Crippen LogP contribution in [0.4, 0.5) is 0 Å². The van der Waals surface area contributed by atoms with Gasteiger partial charge in [0.25, 0.3) is 0 Å². The van der Waals surface area contributed by atoms with Crippen LogP contribution in [-0.2, 0) is 22.6 Å². The summed E-state index contributed by atoms with van der Waals surface area (Å²) < 4.78 is 5.78. The van der Waals surface area contributed by atoms with Gasteiger partial charge in [-0.3, -0.25) is 9.59 Å². The fraction of sp³-hybridized carbons (Fsp3) is 0.571. The molecule has 34 heavy (non-hydrogen) atoms. The Bertz CT molecular complexity index is 914. The zero-order chi connectivity index (χ0) is 23.8. The van der Waals surface area contributed by atoms with Crippen LogP contribution in [0.5, 0.6) is 0 Å². The summed E-state index contributed by atoms with van der Waals surface area (Å²) in [5.74, 6) is 1.87. The number of likely N-dealkylation sites (tertiary alicyclic amines) is 1. The lowest BCUT2D eigenvalue weighted by molar-refractivity contribution is -0.143. The van der Waals surface area contributed by atoms with Crippen LogP contribution in [0.25, 0.3) is 0 Å². The number of amides is 2. The Morgan fingerprint density at radius 3 is 2.35 bits per heavy atom. The van der Waals surface area contributed by atoms with Crippen molar-refractivity contribution < 1.29 is 14.0 Å². The van der Waals surface area contributed by atoms with Crippen molar-refractivity contribution in [2.24, 2.45) is 5.92 Å². The zero-order valence-corrected chi connectivity index (χ0v) is 20.6. The smallest absolute Gasteiger partial charge is 0.242 e. The van der Waals surface area contributed by atoms with Crippen molar-refractivity contribution in [2.45, 2.75) is 58.4 Å². The van der Waals surface area contributed by atoms with E-state index < -0.39 is 0 Å². The summed E-state index contributed by atoms with van der Waals surface area (Å²) in [4.78, 5) is 33.1. The quantitative estimate of drug-likeness (QED) is 0.497. The molecule has 1 saturated heterocycles. The molecule has 6 nitrogen and oxygen atoms in total. The number of carbonyl (C=O) groups excluding carboxylic acids is 2. The van der Waals surface area contributed by atoms with Gasteiger partial charge in [0.2, 0.25) is 11.8 Å². The highest BCUT2D eigenvalue weighted by atomic mass is 16.3. The first kappa shape index (κ1) is 24.5. The van der Waals surface area contributed by atoms with Gasteiger partial charge in [-0.15, -0.1) is 0 Å². The normalized spacial score (nSPS) is 16.7. The van der Waals surface area contributed by atoms with Gasteiger partial charge in [0, 0.05) is 25.6 Å². The van der Waals surface area contributed by atoms with Crippen LogP contribution in [0.1, 0.15) is 55.6 Å². The maximum Gasteiger partial charge on any atom is 0.242 e. The highest BCUT2D eigenvalue weighted by molar-refractivity contribution is 5.86. The summed E-state index contributed by atoms with van der Waals surface area (Å²) in [6.07, 6.45) is 7.37. The van der Waals surface area contributed by atoms with Crippen LogP contribution < -0.4 is 0 Å². The Morgan fingerprint density at radius 2 is 1.68 bits per heavy atom. The van der Waals surface area contributed by atoms with E-state index in [1.54, 1.807) is 0 Å². The molecule has 0 N–H and O–H groups in total. The first-order valence-corrected chi connectivity index (χ1v) is 13.0. The Balaban J connectivity index is 1.44. The van der Waals surface area contributed by atoms with Crippen LogP contribution in [0, 0.1) is 12.8 Å². The Morgan fingerprint density at radius 1 is 0.941 bits per heavy atom. The number of furan rings is 1. The molecular weight excluding hydrogens is 426 g/mol. The summed E-state index contributed by atoms with van der Waals surface area (Å²) >= 11 is 0. The molecule has 2 aromatic rings. The summed E-state index contributed by atoms with van der Waals surface area (Å²) in [6, 6.07) is 14.1. The van der Waals surface area contributed by atoms with E-state index in [4.69, 9.17) is 4.42 Å². The van der Waals surface area contributed by atoms with Crippen molar-refractivity contribution in [3.05, 3.63) is 59.5 Å². The third-order valence-electron chi connectivity index (χ3n) is 7.24. The molecule has 2 amide bonds. The van der Waals surface area contributed by atoms with Gasteiger partial charge in [-0.1, -0.05) is 43.2 Å². The Hall–Kier alpha value is -2.60. The van der Waals surface area contributed by atoms with Gasteiger partial charge in [0.15, 0.2) is 0 Å². The minimum Gasteiger partial charge on any atom is -0.464 e. The van der Waals surface area contributed by atoms with E-state index in [0.717, 1.165) is 63.3 Å². The molecule has 1 aromatic carbocycles. The average molecular weight is 466 g/mol. The van der Waals surface area contributed by atoms with Gasteiger partial charge in [-0.25, -0.2) is 0 Å². The van der Waals surface area contributed by atoms with Gasteiger partial charge < -0.3 is 19.1 Å². The minimum absolute atomic E-state index is 0.00208. The van der Waals surface area contributed by atoms with E-state index in [2.05, 4.69) is 17.0 Å². The van der Waals surface area contributed by atoms with Crippen LogP contribution in [0.15, 0.2) is 46.9 Å². The molecule has 2 heterocycles. The molecule has 1 aliphatic heterocycles. The lowest BCUT2D eigenvalue weighted by atomic mass is 10.1. The van der Waals surface area contributed by atoms with Crippen molar-refractivity contribution in [2.75, 3.05) is 39.3 Å². The molecule has 0 atom stereocenters. The third kappa shape index (κ3) is 6.95. The maximum atomic E-state index is 13.6. The van der Waals surface area contributed by atoms with Crippen molar-refractivity contribution in [1.82, 2.24) is 14.7 Å². The summed E-state index contributed by atoms with van der Waals surface area (Å²) in [6.45, 7) is 6.77. The van der Waals surface area contributed by atoms with E-state index in [1.165, 1.54) is 18.4 Å². The number of benzene rings is 1. The van der Waals surface area contributed by atoms with E-state index in [1.807, 2.05) is 47.1 Å². The number of rotatable bonds is 11. The molecule has 184 valence electrons. The minimum atomic E-state index is -0.00208. The first-order valence-electron chi connectivity index (χ1n) is 13.0. The molecule has 0 bridgehead atoms. The highest BCUT2D eigenvalue weighted by Crippen LogP contribution is 2.26. The SMILES string of the molecule is Cc1ccc(CN(CCc2ccccc2)C(=O)CN(CCN2CCCC2)C(=O)C2CCCC2)o1. The second-order valence-electron chi connectivity index (χ2n) is 9.85. The molecule has 0 unspecified atom stereocenters. The van der Waals surface area contributed by atoms with Crippen molar-refractivity contribution in [1.29, 1.82) is 0 Å². The lowest BCUT2D eigenvalue weighted by Gasteiger charge is -2.30. The number of hydrogen-bond donors (Lipinski definition) is 0. The fourth-order valence-corrected chi connectivity index (χ4v) is 5.19. The number of nitrogens with zero attached hydrogens (tertiary/aromatic N) is 3. The van der Waals surface area contributed by atoms with Gasteiger partial charge in [-0.2, -0.15) is 0 Å². The van der Waals surface area contributed by atoms with E-state index in [0.29, 0.717) is 19.6 Å². The molecule has 6 heteroatoms. The lowest BCUT2D eigenvalue weighted by Crippen LogP contribution is -2.47. The Labute approximate surface area is 203 Å². The summed E-state index contributed by atoms with van der Waals surface area (Å²) in [5, 5.41) is 0. The largest absolute Gasteiger partial charge is 0.464 e. The van der Waals surface area contributed by atoms with Gasteiger partial charge in [-0.05, 0) is 69.8 Å². The van der Waals surface area contributed by atoms with Crippen molar-refractivity contribution >= 4 is 11.8 Å². The van der Waals surface area contributed by atoms with Gasteiger partial charge >= 0.3 is 0 Å². The molecule has 0 radical (unpaired) electrons. The highest BCUT2D eigenvalue weighted by Gasteiger charge is 2.30. The average Bonchev–Trinajstić information content (AvgIpc) is 3.63. The second kappa shape index (κ2) is 12.2. The topological polar surface area (TPSA) is 57.0 Å². The predicted molar refractivity (Wildman–Crippen MR) is 133 cm³/mol.